The molecule has 0 bridgehead atoms. The van der Waals surface area contributed by atoms with Crippen LogP contribution in [0.4, 0.5) is 0 Å². The maximum atomic E-state index is 3.64. The van der Waals surface area contributed by atoms with Crippen LogP contribution in [-0.4, -0.2) is 62.2 Å². The maximum Gasteiger partial charge on any atom is 2.00 e. The summed E-state index contributed by atoms with van der Waals surface area (Å²) in [5.74, 6) is 0. The van der Waals surface area contributed by atoms with Crippen LogP contribution in [0.3, 0.4) is 0 Å². The van der Waals surface area contributed by atoms with Gasteiger partial charge in [-0.15, -0.1) is 11.1 Å². The molecule has 0 aliphatic carbocycles. The predicted octanol–water partition coefficient (Wildman–Crippen LogP) is 5.21. The molecule has 39 heavy (non-hydrogen) atoms. The van der Waals surface area contributed by atoms with Crippen LogP contribution >= 0.6 is 0 Å². The average Bonchev–Trinajstić information content (AvgIpc) is 3.73. The van der Waals surface area contributed by atoms with Gasteiger partial charge in [-0.1, -0.05) is 0 Å². The van der Waals surface area contributed by atoms with Crippen LogP contribution in [0.1, 0.15) is 24.0 Å². The van der Waals surface area contributed by atoms with E-state index >= 15 is 0 Å². The SMILES string of the molecule is [Cu+2].[Fe].[Fe].c1cc[c-](CN2CCCNCCN(C[c-]3cccc3)CCCNCC2)c1.c1cc[cH-]c1.c1cc[cH-]c1. The molecule has 1 saturated heterocycles. The van der Waals surface area contributed by atoms with Gasteiger partial charge in [0, 0.05) is 60.3 Å². The quantitative estimate of drug-likeness (QED) is 0.233. The van der Waals surface area contributed by atoms with Gasteiger partial charge in [-0.3, -0.25) is 0 Å². The van der Waals surface area contributed by atoms with E-state index in [9.17, 15) is 0 Å². The van der Waals surface area contributed by atoms with Gasteiger partial charge in [0.1, 0.15) is 0 Å². The van der Waals surface area contributed by atoms with Gasteiger partial charge in [0.25, 0.3) is 0 Å². The third-order valence-corrected chi connectivity index (χ3v) is 6.25. The van der Waals surface area contributed by atoms with E-state index < -0.39 is 0 Å². The summed E-state index contributed by atoms with van der Waals surface area (Å²) < 4.78 is 0. The molecule has 7 heteroatoms. The van der Waals surface area contributed by atoms with Gasteiger partial charge >= 0.3 is 17.1 Å². The second-order valence-corrected chi connectivity index (χ2v) is 9.27. The standard InChI is InChI=1S/C22H34N4.2C5H5.Cu.2Fe/c1-2-8-21(7-1)19-25-15-5-11-24-14-18-26(16-6-12-23-13-17-25)20-22-9-3-4-10-22;2*1-2-4-5-3-1;;;/h1-4,7-10,23-24H,5-6,11-20H2;2*1-5H;;;/q-2;2*-1;+2;;. The van der Waals surface area contributed by atoms with Crippen molar-refractivity contribution in [2.45, 2.75) is 25.9 Å². The molecule has 1 aliphatic heterocycles. The first-order valence-electron chi connectivity index (χ1n) is 13.5. The third kappa shape index (κ3) is 18.7. The minimum absolute atomic E-state index is 0. The molecular formula is C32H44CuFe2N4-2. The van der Waals surface area contributed by atoms with E-state index in [0.717, 1.165) is 65.4 Å². The first kappa shape index (κ1) is 37.8. The molecule has 4 aromatic rings. The van der Waals surface area contributed by atoms with E-state index in [1.807, 2.05) is 60.7 Å². The molecule has 4 aromatic carbocycles. The number of hydrogen-bond acceptors (Lipinski definition) is 4. The first-order chi connectivity index (χ1) is 17.9. The van der Waals surface area contributed by atoms with Crippen LogP contribution < -0.4 is 10.6 Å². The Balaban J connectivity index is 0.000000930. The summed E-state index contributed by atoms with van der Waals surface area (Å²) in [6.07, 6.45) is 2.42. The first-order valence-corrected chi connectivity index (χ1v) is 13.5. The fourth-order valence-corrected chi connectivity index (χ4v) is 4.32. The molecule has 2 N–H and O–H groups in total. The maximum absolute atomic E-state index is 3.64. The minimum Gasteiger partial charge on any atom is -0.315 e. The molecule has 0 unspecified atom stereocenters. The molecule has 0 saturated carbocycles. The third-order valence-electron chi connectivity index (χ3n) is 6.25. The summed E-state index contributed by atoms with van der Waals surface area (Å²) in [7, 11) is 0. The van der Waals surface area contributed by atoms with E-state index in [0.29, 0.717) is 0 Å². The Bertz CT molecular complexity index is 796. The van der Waals surface area contributed by atoms with Crippen molar-refractivity contribution in [3.63, 3.8) is 0 Å². The van der Waals surface area contributed by atoms with E-state index in [1.54, 1.807) is 0 Å². The van der Waals surface area contributed by atoms with E-state index in [4.69, 9.17) is 0 Å². The molecule has 1 radical (unpaired) electrons. The van der Waals surface area contributed by atoms with Crippen molar-refractivity contribution in [3.05, 3.63) is 120 Å². The monoisotopic (exact) mass is 659 g/mol. The Hall–Kier alpha value is -1.20. The molecule has 0 atom stereocenters. The zero-order valence-corrected chi connectivity index (χ0v) is 25.9. The normalized spacial score (nSPS) is 15.4. The molecule has 0 amide bonds. The average molecular weight is 660 g/mol. The number of nitrogens with zero attached hydrogens (tertiary/aromatic N) is 2. The van der Waals surface area contributed by atoms with E-state index in [1.165, 1.54) is 24.0 Å². The Morgan fingerprint density at radius 2 is 0.872 bits per heavy atom. The molecule has 0 spiro atoms. The van der Waals surface area contributed by atoms with Crippen LogP contribution in [0.5, 0.6) is 0 Å². The smallest absolute Gasteiger partial charge is 0.315 e. The summed E-state index contributed by atoms with van der Waals surface area (Å²) in [6, 6.07) is 37.5. The number of hydrogen-bond donors (Lipinski definition) is 2. The summed E-state index contributed by atoms with van der Waals surface area (Å²) in [5.41, 5.74) is 2.87. The van der Waals surface area contributed by atoms with Crippen LogP contribution in [0.25, 0.3) is 0 Å². The van der Waals surface area contributed by atoms with Crippen LogP contribution in [0, 0.1) is 0 Å². The molecule has 1 fully saturated rings. The molecular weight excluding hydrogens is 616 g/mol. The number of nitrogens with one attached hydrogen (secondary N) is 2. The molecule has 5 rings (SSSR count). The molecule has 221 valence electrons. The Morgan fingerprint density at radius 3 is 1.18 bits per heavy atom. The van der Waals surface area contributed by atoms with Crippen molar-refractivity contribution in [2.75, 3.05) is 52.4 Å². The zero-order chi connectivity index (χ0) is 24.9. The predicted molar refractivity (Wildman–Crippen MR) is 154 cm³/mol. The topological polar surface area (TPSA) is 30.5 Å². The Morgan fingerprint density at radius 1 is 0.513 bits per heavy atom. The second kappa shape index (κ2) is 25.7. The van der Waals surface area contributed by atoms with Gasteiger partial charge in [0.05, 0.1) is 0 Å². The van der Waals surface area contributed by atoms with Gasteiger partial charge < -0.3 is 20.4 Å². The Kier molecular flexibility index (Phi) is 25.0. The molecule has 4 nitrogen and oxygen atoms in total. The van der Waals surface area contributed by atoms with Gasteiger partial charge in [0.2, 0.25) is 0 Å². The fourth-order valence-electron chi connectivity index (χ4n) is 4.32. The minimum atomic E-state index is 0. The van der Waals surface area contributed by atoms with Crippen LogP contribution in [-0.2, 0) is 64.3 Å². The largest absolute Gasteiger partial charge is 2.00 e. The van der Waals surface area contributed by atoms with E-state index in [-0.39, 0.29) is 51.2 Å². The second-order valence-electron chi connectivity index (χ2n) is 9.27. The fraction of sp³-hybridized carbons (Fsp3) is 0.375. The van der Waals surface area contributed by atoms with Gasteiger partial charge in [-0.05, 0) is 52.1 Å². The van der Waals surface area contributed by atoms with Gasteiger partial charge in [-0.25, -0.2) is 48.5 Å². The van der Waals surface area contributed by atoms with E-state index in [2.05, 4.69) is 69.0 Å². The van der Waals surface area contributed by atoms with Crippen molar-refractivity contribution in [1.82, 2.24) is 20.4 Å². The molecule has 0 aromatic heterocycles. The molecule has 1 heterocycles. The van der Waals surface area contributed by atoms with Gasteiger partial charge in [-0.2, -0.15) is 60.7 Å². The summed E-state index contributed by atoms with van der Waals surface area (Å²) in [5, 5.41) is 7.29. The Labute approximate surface area is 268 Å². The van der Waals surface area contributed by atoms with Crippen molar-refractivity contribution >= 4 is 0 Å². The summed E-state index contributed by atoms with van der Waals surface area (Å²) in [6.45, 7) is 11.1. The number of rotatable bonds is 4. The van der Waals surface area contributed by atoms with Crippen LogP contribution in [0.2, 0.25) is 0 Å². The van der Waals surface area contributed by atoms with Crippen LogP contribution in [0.15, 0.2) is 109 Å². The summed E-state index contributed by atoms with van der Waals surface area (Å²) >= 11 is 0. The molecule has 1 aliphatic rings. The zero-order valence-electron chi connectivity index (χ0n) is 22.8. The van der Waals surface area contributed by atoms with Crippen molar-refractivity contribution in [3.8, 4) is 0 Å². The van der Waals surface area contributed by atoms with Gasteiger partial charge in [0.15, 0.2) is 0 Å². The van der Waals surface area contributed by atoms with Crippen molar-refractivity contribution < 1.29 is 51.2 Å². The van der Waals surface area contributed by atoms with Crippen molar-refractivity contribution in [2.24, 2.45) is 0 Å². The van der Waals surface area contributed by atoms with Crippen molar-refractivity contribution in [1.29, 1.82) is 0 Å². The summed E-state index contributed by atoms with van der Waals surface area (Å²) in [4.78, 5) is 5.16.